The highest BCUT2D eigenvalue weighted by Crippen LogP contribution is 2.28. The van der Waals surface area contributed by atoms with Gasteiger partial charge in [0.2, 0.25) is 0 Å². The molecule has 0 fully saturated rings. The third-order valence-corrected chi connectivity index (χ3v) is 3.02. The van der Waals surface area contributed by atoms with Gasteiger partial charge in [-0.3, -0.25) is 0 Å². The molecule has 2 unspecified atom stereocenters. The van der Waals surface area contributed by atoms with Crippen molar-refractivity contribution in [2.24, 2.45) is 5.73 Å². The van der Waals surface area contributed by atoms with Gasteiger partial charge in [-0.25, -0.2) is 13.2 Å². The van der Waals surface area contributed by atoms with Gasteiger partial charge in [-0.2, -0.15) is 0 Å². The van der Waals surface area contributed by atoms with Gasteiger partial charge in [-0.05, 0) is 35.4 Å². The van der Waals surface area contributed by atoms with Crippen LogP contribution in [0.1, 0.15) is 17.0 Å². The van der Waals surface area contributed by atoms with Crippen LogP contribution in [0, 0.1) is 17.5 Å². The molecule has 2 aromatic rings. The second-order valence-corrected chi connectivity index (χ2v) is 4.45. The number of hydrogen-bond donors (Lipinski definition) is 1. The Kier molecular flexibility index (Phi) is 4.20. The van der Waals surface area contributed by atoms with E-state index < -0.39 is 29.4 Å². The van der Waals surface area contributed by atoms with Gasteiger partial charge < -0.3 is 10.5 Å². The second kappa shape index (κ2) is 5.88. The number of aldehydes is 1. The molecule has 0 saturated carbocycles. The summed E-state index contributed by atoms with van der Waals surface area (Å²) in [5.74, 6) is -2.70. The Bertz CT molecular complexity index is 593. The van der Waals surface area contributed by atoms with Crippen molar-refractivity contribution in [1.29, 1.82) is 0 Å². The topological polar surface area (TPSA) is 43.1 Å². The quantitative estimate of drug-likeness (QED) is 0.874. The molecule has 5 heteroatoms. The maximum absolute atomic E-state index is 13.3. The van der Waals surface area contributed by atoms with E-state index in [9.17, 15) is 18.0 Å². The van der Waals surface area contributed by atoms with Crippen molar-refractivity contribution in [3.8, 4) is 0 Å². The predicted molar refractivity (Wildman–Crippen MR) is 68.6 cm³/mol. The first-order valence-electron chi connectivity index (χ1n) is 5.93. The van der Waals surface area contributed by atoms with Crippen LogP contribution in [-0.4, -0.2) is 12.3 Å². The van der Waals surface area contributed by atoms with Gasteiger partial charge in [0.1, 0.15) is 23.7 Å². The summed E-state index contributed by atoms with van der Waals surface area (Å²) >= 11 is 0. The van der Waals surface area contributed by atoms with Crippen LogP contribution in [0.4, 0.5) is 13.2 Å². The van der Waals surface area contributed by atoms with E-state index in [1.807, 2.05) is 0 Å². The Morgan fingerprint density at radius 2 is 1.40 bits per heavy atom. The Morgan fingerprint density at radius 3 is 1.90 bits per heavy atom. The van der Waals surface area contributed by atoms with Crippen molar-refractivity contribution in [2.45, 2.75) is 12.0 Å². The monoisotopic (exact) mass is 279 g/mol. The Hall–Kier alpha value is -2.14. The minimum atomic E-state index is -0.985. The van der Waals surface area contributed by atoms with Crippen molar-refractivity contribution in [1.82, 2.24) is 0 Å². The number of carbonyl (C=O) groups excluding carboxylic acids is 1. The average molecular weight is 279 g/mol. The van der Waals surface area contributed by atoms with Crippen molar-refractivity contribution >= 4 is 6.29 Å². The molecule has 0 bridgehead atoms. The van der Waals surface area contributed by atoms with Crippen LogP contribution in [-0.2, 0) is 4.79 Å². The van der Waals surface area contributed by atoms with E-state index >= 15 is 0 Å². The van der Waals surface area contributed by atoms with Gasteiger partial charge in [0.15, 0.2) is 0 Å². The van der Waals surface area contributed by atoms with Crippen molar-refractivity contribution in [2.75, 3.05) is 0 Å². The highest BCUT2D eigenvalue weighted by molar-refractivity contribution is 5.61. The standard InChI is InChI=1S/C15H12F3NO/c16-11-3-1-9(2-4-11)15(14(19)8-20)10-5-12(17)7-13(18)6-10/h1-8,14-15H,19H2. The average Bonchev–Trinajstić information content (AvgIpc) is 2.40. The van der Waals surface area contributed by atoms with Crippen LogP contribution in [0.15, 0.2) is 42.5 Å². The van der Waals surface area contributed by atoms with Gasteiger partial charge in [-0.15, -0.1) is 0 Å². The maximum Gasteiger partial charge on any atom is 0.137 e. The fraction of sp³-hybridized carbons (Fsp3) is 0.133. The summed E-state index contributed by atoms with van der Waals surface area (Å²) in [5, 5.41) is 0. The third kappa shape index (κ3) is 3.05. The highest BCUT2D eigenvalue weighted by atomic mass is 19.1. The summed E-state index contributed by atoms with van der Waals surface area (Å²) in [6.45, 7) is 0. The molecule has 2 atom stereocenters. The summed E-state index contributed by atoms with van der Waals surface area (Å²) in [5.41, 5.74) is 6.45. The molecule has 0 saturated heterocycles. The van der Waals surface area contributed by atoms with Gasteiger partial charge in [0.25, 0.3) is 0 Å². The van der Waals surface area contributed by atoms with Crippen LogP contribution >= 0.6 is 0 Å². The van der Waals surface area contributed by atoms with Crippen molar-refractivity contribution in [3.05, 3.63) is 71.0 Å². The summed E-state index contributed by atoms with van der Waals surface area (Å²) in [7, 11) is 0. The largest absolute Gasteiger partial charge is 0.321 e. The molecule has 0 aliphatic heterocycles. The number of nitrogens with two attached hydrogens (primary N) is 1. The smallest absolute Gasteiger partial charge is 0.137 e. The minimum Gasteiger partial charge on any atom is -0.321 e. The van der Waals surface area contributed by atoms with Crippen LogP contribution in [0.25, 0.3) is 0 Å². The molecule has 104 valence electrons. The third-order valence-electron chi connectivity index (χ3n) is 3.02. The zero-order valence-electron chi connectivity index (χ0n) is 10.4. The molecular weight excluding hydrogens is 267 g/mol. The zero-order chi connectivity index (χ0) is 14.7. The van der Waals surface area contributed by atoms with Crippen LogP contribution < -0.4 is 5.73 Å². The molecule has 2 rings (SSSR count). The lowest BCUT2D eigenvalue weighted by Gasteiger charge is -2.21. The summed E-state index contributed by atoms with van der Waals surface area (Å²) in [6, 6.07) is 7.25. The molecular formula is C15H12F3NO. The number of rotatable bonds is 4. The van der Waals surface area contributed by atoms with Gasteiger partial charge in [0, 0.05) is 12.0 Å². The van der Waals surface area contributed by atoms with Crippen LogP contribution in [0.5, 0.6) is 0 Å². The molecule has 0 amide bonds. The molecule has 0 aliphatic rings. The Labute approximate surface area is 114 Å². The van der Waals surface area contributed by atoms with Crippen molar-refractivity contribution in [3.63, 3.8) is 0 Å². The molecule has 0 heterocycles. The SMILES string of the molecule is NC(C=O)C(c1ccc(F)cc1)c1cc(F)cc(F)c1. The van der Waals surface area contributed by atoms with E-state index in [0.717, 1.165) is 18.2 Å². The highest BCUT2D eigenvalue weighted by Gasteiger charge is 2.22. The predicted octanol–water partition coefficient (Wildman–Crippen LogP) is 2.76. The summed E-state index contributed by atoms with van der Waals surface area (Å²) in [4.78, 5) is 10.9. The normalized spacial score (nSPS) is 13.8. The first-order chi connectivity index (χ1) is 9.51. The van der Waals surface area contributed by atoms with Crippen molar-refractivity contribution < 1.29 is 18.0 Å². The zero-order valence-corrected chi connectivity index (χ0v) is 10.4. The number of benzene rings is 2. The molecule has 0 spiro atoms. The Morgan fingerprint density at radius 1 is 0.850 bits per heavy atom. The van der Waals surface area contributed by atoms with Gasteiger partial charge in [0.05, 0.1) is 6.04 Å². The van der Waals surface area contributed by atoms with E-state index in [1.54, 1.807) is 0 Å². The lowest BCUT2D eigenvalue weighted by atomic mass is 9.86. The summed E-state index contributed by atoms with van der Waals surface area (Å²) < 4.78 is 39.6. The van der Waals surface area contributed by atoms with Gasteiger partial charge in [-0.1, -0.05) is 12.1 Å². The molecule has 0 aromatic heterocycles. The molecule has 0 radical (unpaired) electrons. The number of hydrogen-bond acceptors (Lipinski definition) is 2. The van der Waals surface area contributed by atoms with Crippen LogP contribution in [0.3, 0.4) is 0 Å². The second-order valence-electron chi connectivity index (χ2n) is 4.45. The van der Waals surface area contributed by atoms with E-state index in [0.29, 0.717) is 11.8 Å². The first kappa shape index (κ1) is 14.3. The molecule has 2 aromatic carbocycles. The number of carbonyl (C=O) groups is 1. The molecule has 0 aliphatic carbocycles. The molecule has 2 nitrogen and oxygen atoms in total. The van der Waals surface area contributed by atoms with E-state index in [-0.39, 0.29) is 5.56 Å². The maximum atomic E-state index is 13.3. The molecule has 20 heavy (non-hydrogen) atoms. The molecule has 2 N–H and O–H groups in total. The van der Waals surface area contributed by atoms with Crippen LogP contribution in [0.2, 0.25) is 0 Å². The number of halogens is 3. The first-order valence-corrected chi connectivity index (χ1v) is 5.93. The van der Waals surface area contributed by atoms with E-state index in [1.165, 1.54) is 24.3 Å². The fourth-order valence-corrected chi connectivity index (χ4v) is 2.14. The lowest BCUT2D eigenvalue weighted by molar-refractivity contribution is -0.109. The van der Waals surface area contributed by atoms with E-state index in [2.05, 4.69) is 0 Å². The fourth-order valence-electron chi connectivity index (χ4n) is 2.14. The van der Waals surface area contributed by atoms with Gasteiger partial charge >= 0.3 is 0 Å². The lowest BCUT2D eigenvalue weighted by Crippen LogP contribution is -2.30. The summed E-state index contributed by atoms with van der Waals surface area (Å²) in [6.07, 6.45) is 0.497. The minimum absolute atomic E-state index is 0.230. The Balaban J connectivity index is 2.52. The van der Waals surface area contributed by atoms with E-state index in [4.69, 9.17) is 5.73 Å².